The summed E-state index contributed by atoms with van der Waals surface area (Å²) in [7, 11) is -2.14. The lowest BCUT2D eigenvalue weighted by molar-refractivity contribution is 0.0784. The zero-order valence-corrected chi connectivity index (χ0v) is 17.9. The second-order valence-electron chi connectivity index (χ2n) is 7.23. The fourth-order valence-electron chi connectivity index (χ4n) is 3.25. The quantitative estimate of drug-likeness (QED) is 0.604. The van der Waals surface area contributed by atoms with E-state index in [1.807, 2.05) is 12.1 Å². The Bertz CT molecular complexity index is 1200. The van der Waals surface area contributed by atoms with Gasteiger partial charge in [-0.1, -0.05) is 12.1 Å². The normalized spacial score (nSPS) is 12.7. The van der Waals surface area contributed by atoms with Gasteiger partial charge in [0.15, 0.2) is 11.5 Å². The average Bonchev–Trinajstić information content (AvgIpc) is 3.43. The van der Waals surface area contributed by atoms with Crippen LogP contribution in [0.4, 0.5) is 0 Å². The monoisotopic (exact) mass is 442 g/mol. The number of ether oxygens (including phenoxy) is 2. The summed E-state index contributed by atoms with van der Waals surface area (Å²) in [5.74, 6) is 1.53. The molecule has 0 fully saturated rings. The lowest BCUT2D eigenvalue weighted by atomic mass is 10.1. The molecular formula is C22H22N2O6S. The maximum absolute atomic E-state index is 13.1. The lowest BCUT2D eigenvalue weighted by Gasteiger charge is -2.19. The van der Waals surface area contributed by atoms with Crippen molar-refractivity contribution in [3.8, 4) is 11.5 Å². The topological polar surface area (TPSA) is 98.1 Å². The molecule has 0 atom stereocenters. The highest BCUT2D eigenvalue weighted by molar-refractivity contribution is 7.89. The van der Waals surface area contributed by atoms with Gasteiger partial charge in [-0.15, -0.1) is 0 Å². The lowest BCUT2D eigenvalue weighted by Crippen LogP contribution is -2.28. The molecule has 0 unspecified atom stereocenters. The molecule has 31 heavy (non-hydrogen) atoms. The summed E-state index contributed by atoms with van der Waals surface area (Å²) in [4.78, 5) is 14.6. The first-order valence-corrected chi connectivity index (χ1v) is 11.1. The largest absolute Gasteiger partial charge is 0.468 e. The second kappa shape index (κ2) is 8.44. The van der Waals surface area contributed by atoms with E-state index in [4.69, 9.17) is 13.9 Å². The third-order valence-electron chi connectivity index (χ3n) is 4.97. The van der Waals surface area contributed by atoms with E-state index in [1.165, 1.54) is 23.3 Å². The molecule has 0 radical (unpaired) electrons. The molecule has 0 aliphatic carbocycles. The summed E-state index contributed by atoms with van der Waals surface area (Å²) in [6.45, 7) is 2.31. The fourth-order valence-corrected chi connectivity index (χ4v) is 4.27. The van der Waals surface area contributed by atoms with Gasteiger partial charge in [0.05, 0.1) is 17.7 Å². The number of furan rings is 1. The van der Waals surface area contributed by atoms with Crippen LogP contribution in [0.5, 0.6) is 11.5 Å². The number of nitrogens with one attached hydrogen (secondary N) is 1. The highest BCUT2D eigenvalue weighted by Crippen LogP contribution is 2.32. The molecule has 0 bridgehead atoms. The molecule has 9 heteroatoms. The van der Waals surface area contributed by atoms with Gasteiger partial charge in [-0.05, 0) is 54.4 Å². The number of sulfonamides is 1. The Morgan fingerprint density at radius 3 is 2.68 bits per heavy atom. The van der Waals surface area contributed by atoms with Crippen molar-refractivity contribution in [1.82, 2.24) is 9.62 Å². The van der Waals surface area contributed by atoms with Crippen LogP contribution in [-0.2, 0) is 23.1 Å². The molecule has 2 heterocycles. The first-order valence-electron chi connectivity index (χ1n) is 9.60. The van der Waals surface area contributed by atoms with Crippen LogP contribution >= 0.6 is 0 Å². The molecule has 1 aliphatic rings. The predicted molar refractivity (Wildman–Crippen MR) is 112 cm³/mol. The number of hydrogen-bond acceptors (Lipinski definition) is 6. The van der Waals surface area contributed by atoms with Gasteiger partial charge in [0.2, 0.25) is 16.8 Å². The minimum absolute atomic E-state index is 0.0180. The second-order valence-corrected chi connectivity index (χ2v) is 9.00. The van der Waals surface area contributed by atoms with Gasteiger partial charge in [0.1, 0.15) is 5.76 Å². The Kier molecular flexibility index (Phi) is 5.71. The molecule has 2 aromatic carbocycles. The minimum atomic E-state index is -3.81. The van der Waals surface area contributed by atoms with Crippen molar-refractivity contribution in [2.45, 2.75) is 24.9 Å². The van der Waals surface area contributed by atoms with Gasteiger partial charge in [0, 0.05) is 19.2 Å². The summed E-state index contributed by atoms with van der Waals surface area (Å²) < 4.78 is 43.7. The van der Waals surface area contributed by atoms with E-state index in [9.17, 15) is 13.2 Å². The number of hydrogen-bond donors (Lipinski definition) is 1. The Labute approximate surface area is 180 Å². The van der Waals surface area contributed by atoms with Crippen LogP contribution in [0.15, 0.2) is 64.1 Å². The van der Waals surface area contributed by atoms with Crippen molar-refractivity contribution < 1.29 is 27.1 Å². The number of carbonyl (C=O) groups excluding carboxylic acids is 1. The number of aryl methyl sites for hydroxylation is 1. The standard InChI is InChI=1S/C22H22N2O6S/c1-15-5-7-18(31(26,27)23-12-17-4-3-9-28-17)11-19(15)22(25)24(2)13-16-6-8-20-21(10-16)30-14-29-20/h3-11,23H,12-14H2,1-2H3. The summed E-state index contributed by atoms with van der Waals surface area (Å²) in [6, 6.07) is 13.4. The Morgan fingerprint density at radius 2 is 1.90 bits per heavy atom. The van der Waals surface area contributed by atoms with Crippen molar-refractivity contribution >= 4 is 15.9 Å². The van der Waals surface area contributed by atoms with Gasteiger partial charge < -0.3 is 18.8 Å². The maximum atomic E-state index is 13.1. The molecule has 0 spiro atoms. The van der Waals surface area contributed by atoms with Crippen LogP contribution in [0.2, 0.25) is 0 Å². The third kappa shape index (κ3) is 4.57. The molecule has 0 saturated carbocycles. The average molecular weight is 442 g/mol. The minimum Gasteiger partial charge on any atom is -0.468 e. The van der Waals surface area contributed by atoms with Gasteiger partial charge >= 0.3 is 0 Å². The first kappa shape index (κ1) is 21.0. The van der Waals surface area contributed by atoms with Crippen LogP contribution in [0.3, 0.4) is 0 Å². The zero-order valence-electron chi connectivity index (χ0n) is 17.1. The zero-order chi connectivity index (χ0) is 22.0. The molecule has 3 aromatic rings. The van der Waals surface area contributed by atoms with E-state index in [-0.39, 0.29) is 24.1 Å². The smallest absolute Gasteiger partial charge is 0.254 e. The molecular weight excluding hydrogens is 420 g/mol. The fraction of sp³-hybridized carbons (Fsp3) is 0.227. The van der Waals surface area contributed by atoms with E-state index in [0.717, 1.165) is 5.56 Å². The molecule has 1 amide bonds. The van der Waals surface area contributed by atoms with E-state index in [1.54, 1.807) is 38.2 Å². The Hall–Kier alpha value is -3.30. The Balaban J connectivity index is 1.51. The molecule has 162 valence electrons. The van der Waals surface area contributed by atoms with Crippen LogP contribution in [-0.4, -0.2) is 33.1 Å². The highest BCUT2D eigenvalue weighted by atomic mass is 32.2. The van der Waals surface area contributed by atoms with Crippen LogP contribution in [0, 0.1) is 6.92 Å². The number of benzene rings is 2. The van der Waals surface area contributed by atoms with Gasteiger partial charge in [-0.3, -0.25) is 4.79 Å². The van der Waals surface area contributed by atoms with E-state index in [0.29, 0.717) is 34.9 Å². The summed E-state index contributed by atoms with van der Waals surface area (Å²) in [5, 5.41) is 0. The maximum Gasteiger partial charge on any atom is 0.254 e. The van der Waals surface area contributed by atoms with E-state index < -0.39 is 10.0 Å². The van der Waals surface area contributed by atoms with Crippen molar-refractivity contribution in [1.29, 1.82) is 0 Å². The first-order chi connectivity index (χ1) is 14.8. The number of nitrogens with zero attached hydrogens (tertiary/aromatic N) is 1. The van der Waals surface area contributed by atoms with E-state index in [2.05, 4.69) is 4.72 Å². The van der Waals surface area contributed by atoms with Crippen molar-refractivity contribution in [2.24, 2.45) is 0 Å². The number of amides is 1. The summed E-state index contributed by atoms with van der Waals surface area (Å²) >= 11 is 0. The molecule has 0 saturated heterocycles. The molecule has 1 aliphatic heterocycles. The number of carbonyl (C=O) groups is 1. The molecule has 1 N–H and O–H groups in total. The van der Waals surface area contributed by atoms with Gasteiger partial charge in [-0.25, -0.2) is 13.1 Å². The van der Waals surface area contributed by atoms with E-state index >= 15 is 0 Å². The predicted octanol–water partition coefficient (Wildman–Crippen LogP) is 3.07. The highest BCUT2D eigenvalue weighted by Gasteiger charge is 2.21. The van der Waals surface area contributed by atoms with Crippen LogP contribution in [0.1, 0.15) is 27.2 Å². The Morgan fingerprint density at radius 1 is 1.10 bits per heavy atom. The van der Waals surface area contributed by atoms with Gasteiger partial charge in [-0.2, -0.15) is 0 Å². The third-order valence-corrected chi connectivity index (χ3v) is 6.37. The molecule has 1 aromatic heterocycles. The van der Waals surface area contributed by atoms with Crippen molar-refractivity contribution in [3.05, 3.63) is 77.2 Å². The van der Waals surface area contributed by atoms with Crippen molar-refractivity contribution in [2.75, 3.05) is 13.8 Å². The molecule has 4 rings (SSSR count). The number of fused-ring (bicyclic) bond motifs is 1. The SMILES string of the molecule is Cc1ccc(S(=O)(=O)NCc2ccco2)cc1C(=O)N(C)Cc1ccc2c(c1)OCO2. The summed E-state index contributed by atoms with van der Waals surface area (Å²) in [5.41, 5.74) is 1.89. The van der Waals surface area contributed by atoms with Crippen LogP contribution < -0.4 is 14.2 Å². The van der Waals surface area contributed by atoms with Crippen molar-refractivity contribution in [3.63, 3.8) is 0 Å². The van der Waals surface area contributed by atoms with Crippen LogP contribution in [0.25, 0.3) is 0 Å². The molecule has 8 nitrogen and oxygen atoms in total. The van der Waals surface area contributed by atoms with Gasteiger partial charge in [0.25, 0.3) is 5.91 Å². The summed E-state index contributed by atoms with van der Waals surface area (Å²) in [6.07, 6.45) is 1.47. The number of rotatable bonds is 7.